The summed E-state index contributed by atoms with van der Waals surface area (Å²) in [6.45, 7) is 0.458. The third-order valence-corrected chi connectivity index (χ3v) is 1.67. The quantitative estimate of drug-likeness (QED) is 0.656. The zero-order valence-corrected chi connectivity index (χ0v) is 7.15. The van der Waals surface area contributed by atoms with Crippen molar-refractivity contribution in [3.63, 3.8) is 0 Å². The fourth-order valence-electron chi connectivity index (χ4n) is 1.15. The SMILES string of the molecule is Cl.O.O=C1CNc2ccccc21. The number of fused-ring (bicyclic) bond motifs is 1. The van der Waals surface area contributed by atoms with Crippen LogP contribution in [0.3, 0.4) is 0 Å². The second kappa shape index (κ2) is 4.09. The van der Waals surface area contributed by atoms with E-state index in [4.69, 9.17) is 0 Å². The third kappa shape index (κ3) is 1.57. The first kappa shape index (κ1) is 10.9. The van der Waals surface area contributed by atoms with Crippen molar-refractivity contribution < 1.29 is 10.3 Å². The van der Waals surface area contributed by atoms with Crippen molar-refractivity contribution in [2.75, 3.05) is 11.9 Å². The molecule has 0 bridgehead atoms. The molecule has 0 unspecified atom stereocenters. The number of ketones is 1. The van der Waals surface area contributed by atoms with Gasteiger partial charge in [-0.2, -0.15) is 0 Å². The van der Waals surface area contributed by atoms with Crippen molar-refractivity contribution in [1.82, 2.24) is 0 Å². The Labute approximate surface area is 76.5 Å². The van der Waals surface area contributed by atoms with Gasteiger partial charge >= 0.3 is 0 Å². The van der Waals surface area contributed by atoms with E-state index >= 15 is 0 Å². The molecule has 1 aromatic rings. The standard InChI is InChI=1S/C8H7NO.ClH.H2O/c10-8-5-9-7-4-2-1-3-6(7)8;;/h1-4,9H,5H2;1H;1H2. The normalized spacial score (nSPS) is 12.2. The first-order chi connectivity index (χ1) is 4.88. The number of benzene rings is 1. The summed E-state index contributed by atoms with van der Waals surface area (Å²) < 4.78 is 0. The molecule has 0 atom stereocenters. The van der Waals surface area contributed by atoms with Crippen molar-refractivity contribution in [3.8, 4) is 0 Å². The number of hydrogen-bond donors (Lipinski definition) is 1. The average Bonchev–Trinajstić information content (AvgIpc) is 2.34. The monoisotopic (exact) mass is 187 g/mol. The highest BCUT2D eigenvalue weighted by molar-refractivity contribution is 6.07. The van der Waals surface area contributed by atoms with Crippen LogP contribution in [-0.2, 0) is 0 Å². The van der Waals surface area contributed by atoms with Gasteiger partial charge in [-0.3, -0.25) is 4.79 Å². The lowest BCUT2D eigenvalue weighted by atomic mass is 10.1. The van der Waals surface area contributed by atoms with Crippen molar-refractivity contribution in [1.29, 1.82) is 0 Å². The largest absolute Gasteiger partial charge is 0.412 e. The van der Waals surface area contributed by atoms with Crippen molar-refractivity contribution in [3.05, 3.63) is 29.8 Å². The first-order valence-corrected chi connectivity index (χ1v) is 3.24. The number of para-hydroxylation sites is 1. The zero-order valence-electron chi connectivity index (χ0n) is 6.33. The molecule has 0 spiro atoms. The fourth-order valence-corrected chi connectivity index (χ4v) is 1.15. The number of nitrogens with one attached hydrogen (secondary N) is 1. The summed E-state index contributed by atoms with van der Waals surface area (Å²) >= 11 is 0. The fraction of sp³-hybridized carbons (Fsp3) is 0.125. The lowest BCUT2D eigenvalue weighted by Gasteiger charge is -1.92. The molecule has 4 heteroatoms. The third-order valence-electron chi connectivity index (χ3n) is 1.67. The second-order valence-electron chi connectivity index (χ2n) is 2.32. The molecule has 1 aliphatic rings. The van der Waals surface area contributed by atoms with E-state index in [1.54, 1.807) is 0 Å². The Morgan fingerprint density at radius 2 is 1.92 bits per heavy atom. The van der Waals surface area contributed by atoms with E-state index in [-0.39, 0.29) is 23.7 Å². The van der Waals surface area contributed by atoms with Gasteiger partial charge in [0.2, 0.25) is 0 Å². The second-order valence-corrected chi connectivity index (χ2v) is 2.32. The van der Waals surface area contributed by atoms with Gasteiger partial charge in [0, 0.05) is 11.3 Å². The molecule has 3 nitrogen and oxygen atoms in total. The number of carbonyl (C=O) groups excluding carboxylic acids is 1. The lowest BCUT2D eigenvalue weighted by Crippen LogP contribution is -2.00. The van der Waals surface area contributed by atoms with Crippen molar-refractivity contribution in [2.45, 2.75) is 0 Å². The van der Waals surface area contributed by atoms with Crippen LogP contribution in [0.15, 0.2) is 24.3 Å². The summed E-state index contributed by atoms with van der Waals surface area (Å²) in [5.41, 5.74) is 1.79. The topological polar surface area (TPSA) is 60.6 Å². The Morgan fingerprint density at radius 3 is 2.58 bits per heavy atom. The Balaban J connectivity index is 0.000000605. The number of halogens is 1. The van der Waals surface area contributed by atoms with Crippen LogP contribution >= 0.6 is 12.4 Å². The highest BCUT2D eigenvalue weighted by Gasteiger charge is 2.16. The number of anilines is 1. The number of hydrogen-bond acceptors (Lipinski definition) is 2. The highest BCUT2D eigenvalue weighted by Crippen LogP contribution is 2.20. The summed E-state index contributed by atoms with van der Waals surface area (Å²) in [5.74, 6) is 0.190. The maximum atomic E-state index is 11.0. The summed E-state index contributed by atoms with van der Waals surface area (Å²) in [7, 11) is 0. The van der Waals surface area contributed by atoms with E-state index in [9.17, 15) is 4.79 Å². The Bertz CT molecular complexity index is 288. The van der Waals surface area contributed by atoms with E-state index in [1.165, 1.54) is 0 Å². The summed E-state index contributed by atoms with van der Waals surface area (Å²) in [6, 6.07) is 7.56. The van der Waals surface area contributed by atoms with Crippen LogP contribution in [0.4, 0.5) is 5.69 Å². The first-order valence-electron chi connectivity index (χ1n) is 3.24. The summed E-state index contributed by atoms with van der Waals surface area (Å²) in [4.78, 5) is 11.0. The van der Waals surface area contributed by atoms with E-state index in [1.807, 2.05) is 24.3 Å². The van der Waals surface area contributed by atoms with Gasteiger partial charge in [0.1, 0.15) is 0 Å². The van der Waals surface area contributed by atoms with Gasteiger partial charge in [0.05, 0.1) is 6.54 Å². The van der Waals surface area contributed by atoms with Gasteiger partial charge < -0.3 is 10.8 Å². The van der Waals surface area contributed by atoms with E-state index in [2.05, 4.69) is 5.32 Å². The molecule has 66 valence electrons. The number of rotatable bonds is 0. The van der Waals surface area contributed by atoms with Gasteiger partial charge in [0.15, 0.2) is 5.78 Å². The lowest BCUT2D eigenvalue weighted by molar-refractivity contribution is 0.101. The van der Waals surface area contributed by atoms with Gasteiger partial charge in [0.25, 0.3) is 0 Å². The maximum Gasteiger partial charge on any atom is 0.183 e. The minimum Gasteiger partial charge on any atom is -0.412 e. The van der Waals surface area contributed by atoms with E-state index in [0.29, 0.717) is 6.54 Å². The van der Waals surface area contributed by atoms with Crippen LogP contribution in [0.5, 0.6) is 0 Å². The molecule has 0 saturated carbocycles. The molecule has 0 fully saturated rings. The van der Waals surface area contributed by atoms with Crippen molar-refractivity contribution >= 4 is 23.9 Å². The molecule has 12 heavy (non-hydrogen) atoms. The molecular weight excluding hydrogens is 178 g/mol. The van der Waals surface area contributed by atoms with Crippen molar-refractivity contribution in [2.24, 2.45) is 0 Å². The predicted octanol–water partition coefficient (Wildman–Crippen LogP) is 0.892. The Kier molecular flexibility index (Phi) is 3.73. The highest BCUT2D eigenvalue weighted by atomic mass is 35.5. The summed E-state index contributed by atoms with van der Waals surface area (Å²) in [6.07, 6.45) is 0. The predicted molar refractivity (Wildman–Crippen MR) is 50.1 cm³/mol. The zero-order chi connectivity index (χ0) is 6.97. The van der Waals surface area contributed by atoms with Crippen LogP contribution in [0.2, 0.25) is 0 Å². The Morgan fingerprint density at radius 1 is 1.25 bits per heavy atom. The van der Waals surface area contributed by atoms with Gasteiger partial charge in [-0.15, -0.1) is 12.4 Å². The molecule has 0 aliphatic carbocycles. The molecular formula is C8H10ClNO2. The molecule has 0 amide bonds. The van der Waals surface area contributed by atoms with Crippen LogP contribution in [-0.4, -0.2) is 17.8 Å². The van der Waals surface area contributed by atoms with Crippen LogP contribution in [0, 0.1) is 0 Å². The van der Waals surface area contributed by atoms with Crippen LogP contribution in [0.1, 0.15) is 10.4 Å². The van der Waals surface area contributed by atoms with E-state index < -0.39 is 0 Å². The number of carbonyl (C=O) groups is 1. The molecule has 3 N–H and O–H groups in total. The molecule has 2 rings (SSSR count). The van der Waals surface area contributed by atoms with Crippen LogP contribution < -0.4 is 5.32 Å². The Hall–Kier alpha value is -1.06. The maximum absolute atomic E-state index is 11.0. The molecule has 0 saturated heterocycles. The van der Waals surface area contributed by atoms with Gasteiger partial charge in [-0.25, -0.2) is 0 Å². The minimum atomic E-state index is 0. The molecule has 0 aromatic heterocycles. The minimum absolute atomic E-state index is 0. The van der Waals surface area contributed by atoms with Gasteiger partial charge in [-0.05, 0) is 12.1 Å². The average molecular weight is 188 g/mol. The molecule has 1 heterocycles. The molecule has 0 radical (unpaired) electrons. The van der Waals surface area contributed by atoms with Crippen LogP contribution in [0.25, 0.3) is 0 Å². The van der Waals surface area contributed by atoms with E-state index in [0.717, 1.165) is 11.3 Å². The summed E-state index contributed by atoms with van der Waals surface area (Å²) in [5, 5.41) is 3.00. The smallest absolute Gasteiger partial charge is 0.183 e. The van der Waals surface area contributed by atoms with Gasteiger partial charge in [-0.1, -0.05) is 12.1 Å². The molecule has 1 aromatic carbocycles. The number of Topliss-reactive ketones (excluding diaryl/α,β-unsaturated/α-hetero) is 1. The molecule has 1 aliphatic heterocycles.